The summed E-state index contributed by atoms with van der Waals surface area (Å²) in [6, 6.07) is 0. The van der Waals surface area contributed by atoms with Gasteiger partial charge in [0, 0.05) is 4.88 Å². The van der Waals surface area contributed by atoms with Gasteiger partial charge in [-0.2, -0.15) is 0 Å². The van der Waals surface area contributed by atoms with Crippen molar-refractivity contribution in [1.82, 2.24) is 15.1 Å². The van der Waals surface area contributed by atoms with Crippen LogP contribution in [0.5, 0.6) is 5.88 Å². The smallest absolute Gasteiger partial charge is 0.225 e. The lowest BCUT2D eigenvalue weighted by molar-refractivity contribution is 0.293. The monoisotopic (exact) mass is 301 g/mol. The van der Waals surface area contributed by atoms with Gasteiger partial charge in [0.1, 0.15) is 23.5 Å². The van der Waals surface area contributed by atoms with Crippen molar-refractivity contribution in [3.63, 3.8) is 0 Å². The summed E-state index contributed by atoms with van der Waals surface area (Å²) in [6.45, 7) is 4.25. The number of fused-ring (bicyclic) bond motifs is 3. The van der Waals surface area contributed by atoms with Crippen molar-refractivity contribution in [2.24, 2.45) is 0 Å². The lowest BCUT2D eigenvalue weighted by atomic mass is 10.2. The number of nitrogens with zero attached hydrogens (tertiary/aromatic N) is 3. The van der Waals surface area contributed by atoms with Crippen LogP contribution in [-0.4, -0.2) is 15.1 Å². The van der Waals surface area contributed by atoms with Gasteiger partial charge < -0.3 is 9.26 Å². The van der Waals surface area contributed by atoms with Crippen LogP contribution in [0.15, 0.2) is 10.9 Å². The maximum atomic E-state index is 5.96. The fraction of sp³-hybridized carbons (Fsp3) is 0.400. The highest BCUT2D eigenvalue weighted by molar-refractivity contribution is 7.18. The van der Waals surface area contributed by atoms with E-state index in [9.17, 15) is 0 Å². The molecular weight excluding hydrogens is 286 g/mol. The molecule has 0 saturated heterocycles. The minimum atomic E-state index is 0.428. The SMILES string of the molecule is Cc1noc(C)c1COc1ncnc2sc3c(c12)CCC3. The summed E-state index contributed by atoms with van der Waals surface area (Å²) >= 11 is 1.77. The average molecular weight is 301 g/mol. The molecule has 3 aromatic heterocycles. The first-order valence-corrected chi connectivity index (χ1v) is 7.85. The van der Waals surface area contributed by atoms with E-state index in [0.29, 0.717) is 12.5 Å². The zero-order valence-corrected chi connectivity index (χ0v) is 12.8. The molecule has 0 spiro atoms. The maximum Gasteiger partial charge on any atom is 0.225 e. The van der Waals surface area contributed by atoms with Crippen LogP contribution in [0, 0.1) is 13.8 Å². The molecule has 0 unspecified atom stereocenters. The van der Waals surface area contributed by atoms with Gasteiger partial charge in [-0.1, -0.05) is 5.16 Å². The van der Waals surface area contributed by atoms with Gasteiger partial charge >= 0.3 is 0 Å². The van der Waals surface area contributed by atoms with Gasteiger partial charge in [-0.25, -0.2) is 9.97 Å². The Kier molecular flexibility index (Phi) is 2.92. The summed E-state index contributed by atoms with van der Waals surface area (Å²) in [4.78, 5) is 11.2. The van der Waals surface area contributed by atoms with Crippen LogP contribution in [0.2, 0.25) is 0 Å². The molecule has 6 heteroatoms. The van der Waals surface area contributed by atoms with Gasteiger partial charge in [-0.15, -0.1) is 11.3 Å². The number of thiophene rings is 1. The van der Waals surface area contributed by atoms with E-state index in [1.807, 2.05) is 13.8 Å². The van der Waals surface area contributed by atoms with E-state index < -0.39 is 0 Å². The molecule has 108 valence electrons. The molecule has 5 nitrogen and oxygen atoms in total. The summed E-state index contributed by atoms with van der Waals surface area (Å²) < 4.78 is 11.1. The maximum absolute atomic E-state index is 5.96. The molecule has 0 aromatic carbocycles. The zero-order valence-electron chi connectivity index (χ0n) is 12.0. The highest BCUT2D eigenvalue weighted by atomic mass is 32.1. The van der Waals surface area contributed by atoms with Crippen LogP contribution in [0.4, 0.5) is 0 Å². The van der Waals surface area contributed by atoms with Crippen molar-refractivity contribution < 1.29 is 9.26 Å². The highest BCUT2D eigenvalue weighted by Gasteiger charge is 2.22. The Morgan fingerprint density at radius 1 is 1.29 bits per heavy atom. The Balaban J connectivity index is 1.71. The molecule has 0 saturated carbocycles. The lowest BCUT2D eigenvalue weighted by Crippen LogP contribution is -2.00. The fourth-order valence-electron chi connectivity index (χ4n) is 2.86. The first-order chi connectivity index (χ1) is 10.2. The van der Waals surface area contributed by atoms with Crippen LogP contribution in [0.1, 0.15) is 33.9 Å². The third kappa shape index (κ3) is 2.01. The number of hydrogen-bond acceptors (Lipinski definition) is 6. The first kappa shape index (κ1) is 12.8. The number of aromatic nitrogens is 3. The van der Waals surface area contributed by atoms with E-state index in [4.69, 9.17) is 9.26 Å². The quantitative estimate of drug-likeness (QED) is 0.742. The number of ether oxygens (including phenoxy) is 1. The molecule has 21 heavy (non-hydrogen) atoms. The van der Waals surface area contributed by atoms with E-state index in [-0.39, 0.29) is 0 Å². The van der Waals surface area contributed by atoms with Gasteiger partial charge in [-0.3, -0.25) is 0 Å². The summed E-state index contributed by atoms with van der Waals surface area (Å²) in [6.07, 6.45) is 5.05. The molecule has 1 aliphatic rings. The molecule has 3 aromatic rings. The van der Waals surface area contributed by atoms with Crippen molar-refractivity contribution in [1.29, 1.82) is 0 Å². The molecule has 0 radical (unpaired) electrons. The second kappa shape index (κ2) is 4.80. The van der Waals surface area contributed by atoms with Crippen molar-refractivity contribution in [3.05, 3.63) is 33.8 Å². The summed E-state index contributed by atoms with van der Waals surface area (Å²) in [7, 11) is 0. The third-order valence-corrected chi connectivity index (χ3v) is 5.20. The second-order valence-electron chi connectivity index (χ2n) is 5.31. The molecule has 4 rings (SSSR count). The first-order valence-electron chi connectivity index (χ1n) is 7.04. The van der Waals surface area contributed by atoms with Gasteiger partial charge in [0.05, 0.1) is 16.6 Å². The largest absolute Gasteiger partial charge is 0.472 e. The Morgan fingerprint density at radius 2 is 2.19 bits per heavy atom. The van der Waals surface area contributed by atoms with E-state index >= 15 is 0 Å². The minimum Gasteiger partial charge on any atom is -0.472 e. The Morgan fingerprint density at radius 3 is 3.00 bits per heavy atom. The van der Waals surface area contributed by atoms with E-state index in [0.717, 1.165) is 40.1 Å². The standard InChI is InChI=1S/C15H15N3O2S/c1-8-11(9(2)20-18-8)6-19-14-13-10-4-3-5-12(10)21-15(13)17-7-16-14/h7H,3-6H2,1-2H3. The highest BCUT2D eigenvalue weighted by Crippen LogP contribution is 2.40. The molecule has 0 fully saturated rings. The van der Waals surface area contributed by atoms with Crippen molar-refractivity contribution in [2.45, 2.75) is 39.7 Å². The molecule has 0 atom stereocenters. The average Bonchev–Trinajstić information content (AvgIpc) is 3.12. The Bertz CT molecular complexity index is 802. The van der Waals surface area contributed by atoms with Crippen molar-refractivity contribution in [2.75, 3.05) is 0 Å². The van der Waals surface area contributed by atoms with Crippen molar-refractivity contribution >= 4 is 21.6 Å². The number of aryl methyl sites for hydroxylation is 4. The summed E-state index contributed by atoms with van der Waals surface area (Å²) in [5.74, 6) is 1.48. The predicted molar refractivity (Wildman–Crippen MR) is 79.7 cm³/mol. The second-order valence-corrected chi connectivity index (χ2v) is 6.39. The van der Waals surface area contributed by atoms with Crippen LogP contribution < -0.4 is 4.74 Å². The lowest BCUT2D eigenvalue weighted by Gasteiger charge is -2.06. The molecule has 0 amide bonds. The number of rotatable bonds is 3. The fourth-order valence-corrected chi connectivity index (χ4v) is 4.08. The van der Waals surface area contributed by atoms with E-state index in [1.165, 1.54) is 16.9 Å². The summed E-state index contributed by atoms with van der Waals surface area (Å²) in [5.41, 5.74) is 3.24. The minimum absolute atomic E-state index is 0.428. The van der Waals surface area contributed by atoms with Crippen LogP contribution >= 0.6 is 11.3 Å². The van der Waals surface area contributed by atoms with E-state index in [1.54, 1.807) is 17.7 Å². The molecular formula is C15H15N3O2S. The molecule has 3 heterocycles. The predicted octanol–water partition coefficient (Wildman–Crippen LogP) is 3.36. The normalized spacial score (nSPS) is 13.8. The Hall–Kier alpha value is -1.95. The van der Waals surface area contributed by atoms with E-state index in [2.05, 4.69) is 15.1 Å². The topological polar surface area (TPSA) is 61.0 Å². The molecule has 0 N–H and O–H groups in total. The Labute approximate surface area is 126 Å². The zero-order chi connectivity index (χ0) is 14.4. The van der Waals surface area contributed by atoms with Crippen LogP contribution in [0.3, 0.4) is 0 Å². The van der Waals surface area contributed by atoms with Crippen molar-refractivity contribution in [3.8, 4) is 5.88 Å². The summed E-state index contributed by atoms with van der Waals surface area (Å²) in [5, 5.41) is 5.05. The van der Waals surface area contributed by atoms with Gasteiger partial charge in [0.2, 0.25) is 5.88 Å². The molecule has 0 bridgehead atoms. The number of hydrogen-bond donors (Lipinski definition) is 0. The molecule has 0 aliphatic heterocycles. The van der Waals surface area contributed by atoms with Gasteiger partial charge in [0.25, 0.3) is 0 Å². The van der Waals surface area contributed by atoms with Gasteiger partial charge in [0.15, 0.2) is 0 Å². The third-order valence-electron chi connectivity index (χ3n) is 4.00. The van der Waals surface area contributed by atoms with Crippen LogP contribution in [-0.2, 0) is 19.4 Å². The van der Waals surface area contributed by atoms with Crippen LogP contribution in [0.25, 0.3) is 10.2 Å². The molecule has 1 aliphatic carbocycles. The van der Waals surface area contributed by atoms with Gasteiger partial charge in [-0.05, 0) is 38.7 Å².